The second-order valence-electron chi connectivity index (χ2n) is 4.56. The van der Waals surface area contributed by atoms with Crippen molar-refractivity contribution in [2.24, 2.45) is 0 Å². The Kier molecular flexibility index (Phi) is 5.76. The van der Waals surface area contributed by atoms with Gasteiger partial charge in [0.2, 0.25) is 0 Å². The van der Waals surface area contributed by atoms with Gasteiger partial charge in [-0.2, -0.15) is 0 Å². The molecule has 1 heterocycles. The molecule has 0 spiro atoms. The van der Waals surface area contributed by atoms with Crippen molar-refractivity contribution < 1.29 is 9.90 Å². The Balaban J connectivity index is 2.80. The highest BCUT2D eigenvalue weighted by Crippen LogP contribution is 2.18. The summed E-state index contributed by atoms with van der Waals surface area (Å²) in [7, 11) is 0. The molecule has 0 radical (unpaired) electrons. The summed E-state index contributed by atoms with van der Waals surface area (Å²) in [4.78, 5) is 17.8. The van der Waals surface area contributed by atoms with Crippen LogP contribution in [0.25, 0.3) is 0 Å². The molecular weight excluding hydrogens is 242 g/mol. The molecule has 0 saturated heterocycles. The summed E-state index contributed by atoms with van der Waals surface area (Å²) in [5.41, 5.74) is 1.84. The lowest BCUT2D eigenvalue weighted by molar-refractivity contribution is 0.0697. The first kappa shape index (κ1) is 15.4. The summed E-state index contributed by atoms with van der Waals surface area (Å²) in [5.74, 6) is -0.465. The number of carbonyl (C=O) groups is 1. The van der Waals surface area contributed by atoms with Gasteiger partial charge in [0.15, 0.2) is 0 Å². The normalized spacial score (nSPS) is 10.8. The number of rotatable bonds is 7. The van der Waals surface area contributed by atoms with Gasteiger partial charge in [-0.15, -0.1) is 0 Å². The summed E-state index contributed by atoms with van der Waals surface area (Å²) in [6.45, 7) is 11.4. The van der Waals surface area contributed by atoms with E-state index in [2.05, 4.69) is 29.0 Å². The molecule has 1 rings (SSSR count). The molecule has 106 valence electrons. The van der Waals surface area contributed by atoms with E-state index in [9.17, 15) is 9.90 Å². The molecule has 0 aromatic carbocycles. The number of carboxylic acids is 1. The van der Waals surface area contributed by atoms with Crippen molar-refractivity contribution in [2.45, 2.75) is 27.7 Å². The first-order chi connectivity index (χ1) is 8.99. The average molecular weight is 265 g/mol. The summed E-state index contributed by atoms with van der Waals surface area (Å²) in [6, 6.07) is 1.79. The van der Waals surface area contributed by atoms with Crippen molar-refractivity contribution in [3.63, 3.8) is 0 Å². The molecule has 0 aliphatic carbocycles. The van der Waals surface area contributed by atoms with Crippen LogP contribution in [0.3, 0.4) is 0 Å². The first-order valence-corrected chi connectivity index (χ1v) is 6.67. The Hall–Kier alpha value is -1.62. The van der Waals surface area contributed by atoms with Crippen LogP contribution in [0.5, 0.6) is 0 Å². The SMILES string of the molecule is CCN(CC)CCNc1nc(C)cc(C)c1C(=O)O. The molecule has 0 amide bonds. The predicted molar refractivity (Wildman–Crippen MR) is 76.9 cm³/mol. The number of likely N-dealkylation sites (N-methyl/N-ethyl adjacent to an activating group) is 1. The van der Waals surface area contributed by atoms with Gasteiger partial charge in [0.25, 0.3) is 0 Å². The molecule has 0 aliphatic rings. The van der Waals surface area contributed by atoms with Crippen molar-refractivity contribution in [2.75, 3.05) is 31.5 Å². The van der Waals surface area contributed by atoms with E-state index >= 15 is 0 Å². The van der Waals surface area contributed by atoms with Crippen molar-refractivity contribution in [1.82, 2.24) is 9.88 Å². The van der Waals surface area contributed by atoms with Gasteiger partial charge in [0, 0.05) is 18.8 Å². The van der Waals surface area contributed by atoms with Gasteiger partial charge in [-0.1, -0.05) is 13.8 Å². The van der Waals surface area contributed by atoms with Gasteiger partial charge in [-0.3, -0.25) is 0 Å². The Bertz CT molecular complexity index is 443. The predicted octanol–water partition coefficient (Wildman–Crippen LogP) is 2.15. The highest BCUT2D eigenvalue weighted by Gasteiger charge is 2.15. The fraction of sp³-hybridized carbons (Fsp3) is 0.571. The van der Waals surface area contributed by atoms with E-state index < -0.39 is 5.97 Å². The number of anilines is 1. The summed E-state index contributed by atoms with van der Waals surface area (Å²) in [6.07, 6.45) is 0. The zero-order chi connectivity index (χ0) is 14.4. The topological polar surface area (TPSA) is 65.5 Å². The Morgan fingerprint density at radius 3 is 2.53 bits per heavy atom. The van der Waals surface area contributed by atoms with Crippen LogP contribution in [0.2, 0.25) is 0 Å². The van der Waals surface area contributed by atoms with Crippen LogP contribution in [0.15, 0.2) is 6.07 Å². The van der Waals surface area contributed by atoms with Crippen molar-refractivity contribution in [3.05, 3.63) is 22.9 Å². The van der Waals surface area contributed by atoms with Crippen molar-refractivity contribution in [3.8, 4) is 0 Å². The molecule has 0 fully saturated rings. The number of nitrogens with zero attached hydrogens (tertiary/aromatic N) is 2. The fourth-order valence-corrected chi connectivity index (χ4v) is 2.11. The van der Waals surface area contributed by atoms with E-state index in [1.165, 1.54) is 0 Å². The van der Waals surface area contributed by atoms with Crippen molar-refractivity contribution >= 4 is 11.8 Å². The largest absolute Gasteiger partial charge is 0.478 e. The Morgan fingerprint density at radius 1 is 1.37 bits per heavy atom. The lowest BCUT2D eigenvalue weighted by atomic mass is 10.1. The first-order valence-electron chi connectivity index (χ1n) is 6.67. The third-order valence-corrected chi connectivity index (χ3v) is 3.17. The minimum absolute atomic E-state index is 0.269. The summed E-state index contributed by atoms with van der Waals surface area (Å²) < 4.78 is 0. The smallest absolute Gasteiger partial charge is 0.339 e. The number of nitrogens with one attached hydrogen (secondary N) is 1. The summed E-state index contributed by atoms with van der Waals surface area (Å²) in [5, 5.41) is 12.4. The van der Waals surface area contributed by atoms with Crippen LogP contribution in [-0.2, 0) is 0 Å². The molecule has 0 unspecified atom stereocenters. The van der Waals surface area contributed by atoms with E-state index in [1.807, 2.05) is 6.92 Å². The molecular formula is C14H23N3O2. The molecule has 1 aromatic rings. The lowest BCUT2D eigenvalue weighted by Gasteiger charge is -2.19. The Labute approximate surface area is 114 Å². The maximum Gasteiger partial charge on any atom is 0.339 e. The maximum absolute atomic E-state index is 11.3. The lowest BCUT2D eigenvalue weighted by Crippen LogP contribution is -2.29. The Morgan fingerprint density at radius 2 is 2.00 bits per heavy atom. The van der Waals surface area contributed by atoms with E-state index in [0.717, 1.165) is 30.9 Å². The molecule has 0 saturated carbocycles. The zero-order valence-corrected chi connectivity index (χ0v) is 12.2. The number of aromatic carboxylic acids is 1. The number of aryl methyl sites for hydroxylation is 2. The summed E-state index contributed by atoms with van der Waals surface area (Å²) >= 11 is 0. The van der Waals surface area contributed by atoms with Crippen LogP contribution in [-0.4, -0.2) is 47.1 Å². The molecule has 19 heavy (non-hydrogen) atoms. The molecule has 2 N–H and O–H groups in total. The minimum atomic E-state index is -0.935. The minimum Gasteiger partial charge on any atom is -0.478 e. The van der Waals surface area contributed by atoms with Crippen molar-refractivity contribution in [1.29, 1.82) is 0 Å². The average Bonchev–Trinajstić information content (AvgIpc) is 2.33. The molecule has 0 atom stereocenters. The highest BCUT2D eigenvalue weighted by atomic mass is 16.4. The third-order valence-electron chi connectivity index (χ3n) is 3.17. The van der Waals surface area contributed by atoms with Gasteiger partial charge >= 0.3 is 5.97 Å². The zero-order valence-electron chi connectivity index (χ0n) is 12.2. The van der Waals surface area contributed by atoms with Crippen LogP contribution < -0.4 is 5.32 Å². The maximum atomic E-state index is 11.3. The van der Waals surface area contributed by atoms with Crippen LogP contribution in [0.1, 0.15) is 35.5 Å². The number of carboxylic acid groups (broad SMARTS) is 1. The van der Waals surface area contributed by atoms with Gasteiger partial charge in [-0.25, -0.2) is 9.78 Å². The third kappa shape index (κ3) is 4.21. The number of pyridine rings is 1. The molecule has 5 nitrogen and oxygen atoms in total. The second kappa shape index (κ2) is 7.09. The van der Waals surface area contributed by atoms with Gasteiger partial charge in [-0.05, 0) is 38.6 Å². The fourth-order valence-electron chi connectivity index (χ4n) is 2.11. The van der Waals surface area contributed by atoms with Crippen LogP contribution in [0, 0.1) is 13.8 Å². The second-order valence-corrected chi connectivity index (χ2v) is 4.56. The van der Waals surface area contributed by atoms with Gasteiger partial charge < -0.3 is 15.3 Å². The molecule has 0 aliphatic heterocycles. The number of aromatic nitrogens is 1. The van der Waals surface area contributed by atoms with Gasteiger partial charge in [0.1, 0.15) is 11.4 Å². The number of hydrogen-bond donors (Lipinski definition) is 2. The van der Waals surface area contributed by atoms with E-state index in [4.69, 9.17) is 0 Å². The quantitative estimate of drug-likeness (QED) is 0.791. The highest BCUT2D eigenvalue weighted by molar-refractivity contribution is 5.94. The molecule has 5 heteroatoms. The van der Waals surface area contributed by atoms with Gasteiger partial charge in [0.05, 0.1) is 0 Å². The van der Waals surface area contributed by atoms with E-state index in [0.29, 0.717) is 12.4 Å². The number of hydrogen-bond acceptors (Lipinski definition) is 4. The molecule has 1 aromatic heterocycles. The molecule has 0 bridgehead atoms. The van der Waals surface area contributed by atoms with E-state index in [-0.39, 0.29) is 5.56 Å². The van der Waals surface area contributed by atoms with Crippen LogP contribution in [0.4, 0.5) is 5.82 Å². The standard InChI is InChI=1S/C14H23N3O2/c1-5-17(6-2)8-7-15-13-12(14(18)19)10(3)9-11(4)16-13/h9H,5-8H2,1-4H3,(H,15,16)(H,18,19). The van der Waals surface area contributed by atoms with E-state index in [1.54, 1.807) is 13.0 Å². The monoisotopic (exact) mass is 265 g/mol. The van der Waals surface area contributed by atoms with Crippen LogP contribution >= 0.6 is 0 Å².